The number of amides is 3. The average molecular weight is 358 g/mol. The number of nitrogens with zero attached hydrogens (tertiary/aromatic N) is 2. The van der Waals surface area contributed by atoms with E-state index in [1.807, 2.05) is 45.9 Å². The quantitative estimate of drug-likeness (QED) is 0.824. The van der Waals surface area contributed by atoms with Crippen LogP contribution in [0.2, 0.25) is 0 Å². The first kappa shape index (κ1) is 19.5. The second-order valence-electron chi connectivity index (χ2n) is 6.87. The van der Waals surface area contributed by atoms with Crippen molar-refractivity contribution in [2.45, 2.75) is 34.6 Å². The lowest BCUT2D eigenvalue weighted by Crippen LogP contribution is -2.42. The second kappa shape index (κ2) is 8.51. The Morgan fingerprint density at radius 1 is 1.12 bits per heavy atom. The zero-order valence-electron chi connectivity index (χ0n) is 15.9. The molecule has 0 aliphatic heterocycles. The summed E-state index contributed by atoms with van der Waals surface area (Å²) in [6, 6.07) is 7.04. The zero-order valence-corrected chi connectivity index (χ0v) is 15.9. The van der Waals surface area contributed by atoms with Gasteiger partial charge in [0, 0.05) is 18.3 Å². The van der Waals surface area contributed by atoms with E-state index in [9.17, 15) is 9.59 Å². The number of anilines is 2. The average Bonchev–Trinajstić information content (AvgIpc) is 2.94. The molecule has 0 aliphatic carbocycles. The Hall–Kier alpha value is -2.83. The lowest BCUT2D eigenvalue weighted by Gasteiger charge is -2.24. The smallest absolute Gasteiger partial charge is 0.322 e. The molecule has 0 spiro atoms. The number of nitrogens with one attached hydrogen (secondary N) is 2. The first-order valence-electron chi connectivity index (χ1n) is 8.61. The molecule has 2 N–H and O–H groups in total. The summed E-state index contributed by atoms with van der Waals surface area (Å²) in [5.74, 6) is 0.843. The molecular formula is C19H26N4O3. The molecule has 2 aromatic rings. The van der Waals surface area contributed by atoms with E-state index in [-0.39, 0.29) is 24.4 Å². The zero-order chi connectivity index (χ0) is 19.3. The van der Waals surface area contributed by atoms with Gasteiger partial charge in [0.1, 0.15) is 12.3 Å². The Bertz CT molecular complexity index is 783. The van der Waals surface area contributed by atoms with Gasteiger partial charge in [0.25, 0.3) is 0 Å². The van der Waals surface area contributed by atoms with Crippen LogP contribution in [0, 0.1) is 26.7 Å². The number of aromatic nitrogens is 1. The van der Waals surface area contributed by atoms with Gasteiger partial charge in [0.15, 0.2) is 5.82 Å². The molecule has 26 heavy (non-hydrogen) atoms. The number of carbonyl (C=O) groups excluding carboxylic acids is 2. The fourth-order valence-corrected chi connectivity index (χ4v) is 2.46. The highest BCUT2D eigenvalue weighted by Gasteiger charge is 2.19. The van der Waals surface area contributed by atoms with E-state index in [2.05, 4.69) is 15.8 Å². The monoisotopic (exact) mass is 358 g/mol. The Kier molecular flexibility index (Phi) is 6.38. The van der Waals surface area contributed by atoms with E-state index < -0.39 is 0 Å². The van der Waals surface area contributed by atoms with Gasteiger partial charge < -0.3 is 20.1 Å². The summed E-state index contributed by atoms with van der Waals surface area (Å²) < 4.78 is 4.92. The van der Waals surface area contributed by atoms with Crippen LogP contribution in [0.4, 0.5) is 16.3 Å². The predicted molar refractivity (Wildman–Crippen MR) is 101 cm³/mol. The highest BCUT2D eigenvalue weighted by molar-refractivity contribution is 5.96. The van der Waals surface area contributed by atoms with Crippen molar-refractivity contribution in [2.24, 2.45) is 5.92 Å². The van der Waals surface area contributed by atoms with E-state index in [0.29, 0.717) is 23.8 Å². The highest BCUT2D eigenvalue weighted by atomic mass is 16.5. The van der Waals surface area contributed by atoms with Crippen molar-refractivity contribution in [3.8, 4) is 0 Å². The normalized spacial score (nSPS) is 10.7. The fourth-order valence-electron chi connectivity index (χ4n) is 2.46. The summed E-state index contributed by atoms with van der Waals surface area (Å²) in [4.78, 5) is 26.4. The molecule has 140 valence electrons. The van der Waals surface area contributed by atoms with Gasteiger partial charge in [0.05, 0.1) is 0 Å². The predicted octanol–water partition coefficient (Wildman–Crippen LogP) is 3.73. The lowest BCUT2D eigenvalue weighted by atomic mass is 10.1. The van der Waals surface area contributed by atoms with Gasteiger partial charge in [0.2, 0.25) is 5.91 Å². The topological polar surface area (TPSA) is 87.5 Å². The summed E-state index contributed by atoms with van der Waals surface area (Å²) in [7, 11) is 0. The minimum atomic E-state index is -0.325. The number of urea groups is 1. The van der Waals surface area contributed by atoms with Gasteiger partial charge >= 0.3 is 6.03 Å². The largest absolute Gasteiger partial charge is 0.360 e. The number of rotatable bonds is 6. The third kappa shape index (κ3) is 5.61. The summed E-state index contributed by atoms with van der Waals surface area (Å²) >= 11 is 0. The summed E-state index contributed by atoms with van der Waals surface area (Å²) in [5, 5.41) is 9.23. The van der Waals surface area contributed by atoms with Crippen LogP contribution in [0.25, 0.3) is 0 Å². The van der Waals surface area contributed by atoms with Gasteiger partial charge in [-0.3, -0.25) is 4.79 Å². The molecule has 1 aromatic heterocycles. The van der Waals surface area contributed by atoms with Gasteiger partial charge in [-0.05, 0) is 49.9 Å². The SMILES string of the molecule is Cc1cc(NC(=O)CN(CC(C)C)C(=O)Nc2ccc(C)c(C)c2)no1. The maximum absolute atomic E-state index is 12.6. The van der Waals surface area contributed by atoms with Crippen molar-refractivity contribution in [1.82, 2.24) is 10.1 Å². The van der Waals surface area contributed by atoms with E-state index in [1.54, 1.807) is 13.0 Å². The van der Waals surface area contributed by atoms with Crippen LogP contribution in [-0.2, 0) is 4.79 Å². The number of benzene rings is 1. The standard InChI is InChI=1S/C19H26N4O3/c1-12(2)10-23(11-18(24)21-17-9-15(5)26-22-17)19(25)20-16-7-6-13(3)14(4)8-16/h6-9,12H,10-11H2,1-5H3,(H,20,25)(H,21,22,24). The third-order valence-corrected chi connectivity index (χ3v) is 3.86. The molecule has 0 atom stereocenters. The molecule has 1 aromatic carbocycles. The number of carbonyl (C=O) groups is 2. The van der Waals surface area contributed by atoms with Crippen molar-refractivity contribution < 1.29 is 14.1 Å². The molecule has 1 heterocycles. The van der Waals surface area contributed by atoms with Gasteiger partial charge in [-0.2, -0.15) is 0 Å². The molecule has 0 unspecified atom stereocenters. The van der Waals surface area contributed by atoms with Crippen LogP contribution in [0.15, 0.2) is 28.8 Å². The Morgan fingerprint density at radius 2 is 1.85 bits per heavy atom. The van der Waals surface area contributed by atoms with Crippen molar-refractivity contribution in [3.05, 3.63) is 41.2 Å². The maximum Gasteiger partial charge on any atom is 0.322 e. The lowest BCUT2D eigenvalue weighted by molar-refractivity contribution is -0.116. The first-order chi connectivity index (χ1) is 12.2. The molecular weight excluding hydrogens is 332 g/mol. The van der Waals surface area contributed by atoms with Gasteiger partial charge in [-0.1, -0.05) is 25.1 Å². The summed E-state index contributed by atoms with van der Waals surface area (Å²) in [6.45, 7) is 10.1. The number of hydrogen-bond donors (Lipinski definition) is 2. The summed E-state index contributed by atoms with van der Waals surface area (Å²) in [6.07, 6.45) is 0. The molecule has 0 saturated carbocycles. The molecule has 0 saturated heterocycles. The van der Waals surface area contributed by atoms with Crippen molar-refractivity contribution in [2.75, 3.05) is 23.7 Å². The molecule has 0 bridgehead atoms. The van der Waals surface area contributed by atoms with Crippen molar-refractivity contribution >= 4 is 23.4 Å². The minimum Gasteiger partial charge on any atom is -0.360 e. The van der Waals surface area contributed by atoms with Crippen LogP contribution in [0.5, 0.6) is 0 Å². The second-order valence-corrected chi connectivity index (χ2v) is 6.87. The summed E-state index contributed by atoms with van der Waals surface area (Å²) in [5.41, 5.74) is 2.96. The van der Waals surface area contributed by atoms with Gasteiger partial charge in [-0.15, -0.1) is 0 Å². The van der Waals surface area contributed by atoms with E-state index >= 15 is 0 Å². The molecule has 7 nitrogen and oxygen atoms in total. The Balaban J connectivity index is 2.03. The van der Waals surface area contributed by atoms with Crippen LogP contribution in [-0.4, -0.2) is 35.1 Å². The Labute approximate surface area is 153 Å². The fraction of sp³-hybridized carbons (Fsp3) is 0.421. The van der Waals surface area contributed by atoms with E-state index in [1.165, 1.54) is 4.90 Å². The Morgan fingerprint density at radius 3 is 2.42 bits per heavy atom. The van der Waals surface area contributed by atoms with Crippen molar-refractivity contribution in [3.63, 3.8) is 0 Å². The number of aryl methyl sites for hydroxylation is 3. The maximum atomic E-state index is 12.6. The van der Waals surface area contributed by atoms with Crippen molar-refractivity contribution in [1.29, 1.82) is 0 Å². The van der Waals surface area contributed by atoms with Gasteiger partial charge in [-0.25, -0.2) is 4.79 Å². The molecule has 3 amide bonds. The first-order valence-corrected chi connectivity index (χ1v) is 8.61. The molecule has 0 aliphatic rings. The molecule has 0 radical (unpaired) electrons. The number of hydrogen-bond acceptors (Lipinski definition) is 4. The van der Waals surface area contributed by atoms with Crippen LogP contribution < -0.4 is 10.6 Å². The third-order valence-electron chi connectivity index (χ3n) is 3.86. The molecule has 7 heteroatoms. The van der Waals surface area contributed by atoms with Crippen LogP contribution >= 0.6 is 0 Å². The van der Waals surface area contributed by atoms with Crippen LogP contribution in [0.1, 0.15) is 30.7 Å². The van der Waals surface area contributed by atoms with Crippen LogP contribution in [0.3, 0.4) is 0 Å². The van der Waals surface area contributed by atoms with E-state index in [0.717, 1.165) is 11.1 Å². The highest BCUT2D eigenvalue weighted by Crippen LogP contribution is 2.15. The molecule has 0 fully saturated rings. The molecule has 2 rings (SSSR count). The van der Waals surface area contributed by atoms with E-state index in [4.69, 9.17) is 4.52 Å². The minimum absolute atomic E-state index is 0.0687.